The van der Waals surface area contributed by atoms with Crippen molar-refractivity contribution in [3.05, 3.63) is 29.3 Å². The fraction of sp³-hybridized carbons (Fsp3) is 0.667. The van der Waals surface area contributed by atoms with E-state index in [1.165, 1.54) is 36.8 Å². The highest BCUT2D eigenvalue weighted by Gasteiger charge is 2.24. The van der Waals surface area contributed by atoms with E-state index in [2.05, 4.69) is 18.2 Å². The predicted octanol–water partition coefficient (Wildman–Crippen LogP) is 3.24. The van der Waals surface area contributed by atoms with Gasteiger partial charge in [0.2, 0.25) is 0 Å². The summed E-state index contributed by atoms with van der Waals surface area (Å²) in [6.45, 7) is 0. The van der Waals surface area contributed by atoms with Gasteiger partial charge in [-0.2, -0.15) is 0 Å². The first-order valence-corrected chi connectivity index (χ1v) is 8.54. The van der Waals surface area contributed by atoms with Gasteiger partial charge in [0, 0.05) is 17.8 Å². The monoisotopic (exact) mass is 287 g/mol. The fourth-order valence-corrected chi connectivity index (χ4v) is 4.08. The summed E-state index contributed by atoms with van der Waals surface area (Å²) < 4.78 is 0. The molecule has 0 heterocycles. The summed E-state index contributed by atoms with van der Waals surface area (Å²) in [5.41, 5.74) is 22.1. The number of rotatable bonds is 2. The number of hydrogen-bond acceptors (Lipinski definition) is 3. The van der Waals surface area contributed by atoms with Gasteiger partial charge in [-0.25, -0.2) is 0 Å². The van der Waals surface area contributed by atoms with Crippen LogP contribution in [-0.2, 0) is 0 Å². The Morgan fingerprint density at radius 2 is 1.24 bits per heavy atom. The minimum Gasteiger partial charge on any atom is -0.398 e. The largest absolute Gasteiger partial charge is 0.398 e. The van der Waals surface area contributed by atoms with Crippen molar-refractivity contribution in [2.45, 2.75) is 75.3 Å². The van der Waals surface area contributed by atoms with Gasteiger partial charge in [0.05, 0.1) is 0 Å². The van der Waals surface area contributed by atoms with Crippen LogP contribution < -0.4 is 17.2 Å². The molecule has 0 radical (unpaired) electrons. The number of anilines is 1. The van der Waals surface area contributed by atoms with Crippen molar-refractivity contribution in [2.75, 3.05) is 5.73 Å². The van der Waals surface area contributed by atoms with Crippen LogP contribution in [-0.4, -0.2) is 12.1 Å². The standard InChI is InChI=1S/C18H29N3/c19-15-6-1-12(2-7-15)14-5-10-18(21)17(11-14)13-3-8-16(20)9-4-13/h5,10-13,15-16H,1-4,6-9,19-21H2. The summed E-state index contributed by atoms with van der Waals surface area (Å²) in [4.78, 5) is 0. The zero-order chi connectivity index (χ0) is 14.8. The highest BCUT2D eigenvalue weighted by atomic mass is 14.6. The van der Waals surface area contributed by atoms with Crippen LogP contribution in [0.25, 0.3) is 0 Å². The van der Waals surface area contributed by atoms with Crippen molar-refractivity contribution in [1.29, 1.82) is 0 Å². The molecule has 0 spiro atoms. The molecular formula is C18H29N3. The Morgan fingerprint density at radius 1 is 0.714 bits per heavy atom. The second kappa shape index (κ2) is 6.37. The Hall–Kier alpha value is -1.06. The van der Waals surface area contributed by atoms with Crippen LogP contribution in [0, 0.1) is 0 Å². The van der Waals surface area contributed by atoms with E-state index in [0.29, 0.717) is 23.9 Å². The molecule has 0 atom stereocenters. The minimum atomic E-state index is 0.394. The Kier molecular flexibility index (Phi) is 4.51. The Balaban J connectivity index is 1.76. The highest BCUT2D eigenvalue weighted by Crippen LogP contribution is 2.39. The summed E-state index contributed by atoms with van der Waals surface area (Å²) in [6.07, 6.45) is 9.39. The van der Waals surface area contributed by atoms with Crippen LogP contribution in [0.4, 0.5) is 5.69 Å². The first kappa shape index (κ1) is 14.9. The Bertz CT molecular complexity index is 469. The lowest BCUT2D eigenvalue weighted by Gasteiger charge is -2.30. The quantitative estimate of drug-likeness (QED) is 0.731. The first-order valence-electron chi connectivity index (χ1n) is 8.54. The van der Waals surface area contributed by atoms with Gasteiger partial charge >= 0.3 is 0 Å². The zero-order valence-corrected chi connectivity index (χ0v) is 12.9. The van der Waals surface area contributed by atoms with Crippen LogP contribution in [0.2, 0.25) is 0 Å². The summed E-state index contributed by atoms with van der Waals surface area (Å²) >= 11 is 0. The second-order valence-corrected chi connectivity index (χ2v) is 7.11. The van der Waals surface area contributed by atoms with Crippen LogP contribution in [0.5, 0.6) is 0 Å². The number of nitrogen functional groups attached to an aromatic ring is 1. The molecule has 3 nitrogen and oxygen atoms in total. The molecule has 21 heavy (non-hydrogen) atoms. The third-order valence-electron chi connectivity index (χ3n) is 5.57. The molecule has 0 bridgehead atoms. The molecule has 2 aliphatic rings. The zero-order valence-electron chi connectivity index (χ0n) is 12.9. The van der Waals surface area contributed by atoms with Gasteiger partial charge in [-0.15, -0.1) is 0 Å². The Labute approximate surface area is 128 Å². The van der Waals surface area contributed by atoms with Gasteiger partial charge in [0.1, 0.15) is 0 Å². The molecule has 0 amide bonds. The highest BCUT2D eigenvalue weighted by molar-refractivity contribution is 5.51. The molecular weight excluding hydrogens is 258 g/mol. The molecule has 6 N–H and O–H groups in total. The van der Waals surface area contributed by atoms with Gasteiger partial charge < -0.3 is 17.2 Å². The van der Waals surface area contributed by atoms with Gasteiger partial charge in [-0.3, -0.25) is 0 Å². The van der Waals surface area contributed by atoms with Crippen molar-refractivity contribution in [3.8, 4) is 0 Å². The average Bonchev–Trinajstić information content (AvgIpc) is 2.50. The summed E-state index contributed by atoms with van der Waals surface area (Å²) in [7, 11) is 0. The molecule has 2 saturated carbocycles. The van der Waals surface area contributed by atoms with E-state index in [1.54, 1.807) is 0 Å². The van der Waals surface area contributed by atoms with E-state index < -0.39 is 0 Å². The van der Waals surface area contributed by atoms with E-state index in [0.717, 1.165) is 31.4 Å². The van der Waals surface area contributed by atoms with Crippen molar-refractivity contribution in [3.63, 3.8) is 0 Å². The van der Waals surface area contributed by atoms with E-state index in [-0.39, 0.29) is 0 Å². The van der Waals surface area contributed by atoms with E-state index in [9.17, 15) is 0 Å². The van der Waals surface area contributed by atoms with Gasteiger partial charge in [-0.05, 0) is 80.4 Å². The lowest BCUT2D eigenvalue weighted by atomic mass is 9.78. The molecule has 0 saturated heterocycles. The SMILES string of the molecule is Nc1ccc(C2CCC(N)CC2)cc1C1CCC(N)CC1. The minimum absolute atomic E-state index is 0.394. The maximum atomic E-state index is 6.26. The average molecular weight is 287 g/mol. The third kappa shape index (κ3) is 3.41. The lowest BCUT2D eigenvalue weighted by Crippen LogP contribution is -2.26. The fourth-order valence-electron chi connectivity index (χ4n) is 4.08. The van der Waals surface area contributed by atoms with Crippen molar-refractivity contribution < 1.29 is 0 Å². The smallest absolute Gasteiger partial charge is 0.0349 e. The normalized spacial score (nSPS) is 33.8. The maximum Gasteiger partial charge on any atom is 0.0349 e. The molecule has 1 aromatic rings. The molecule has 1 aromatic carbocycles. The van der Waals surface area contributed by atoms with Gasteiger partial charge in [-0.1, -0.05) is 12.1 Å². The number of hydrogen-bond donors (Lipinski definition) is 3. The molecule has 0 unspecified atom stereocenters. The van der Waals surface area contributed by atoms with E-state index in [4.69, 9.17) is 17.2 Å². The number of benzene rings is 1. The first-order chi connectivity index (χ1) is 10.1. The molecule has 2 fully saturated rings. The molecule has 3 rings (SSSR count). The van der Waals surface area contributed by atoms with E-state index >= 15 is 0 Å². The van der Waals surface area contributed by atoms with Gasteiger partial charge in [0.25, 0.3) is 0 Å². The molecule has 0 aliphatic heterocycles. The number of nitrogens with two attached hydrogens (primary N) is 3. The predicted molar refractivity (Wildman–Crippen MR) is 89.2 cm³/mol. The topological polar surface area (TPSA) is 78.1 Å². The van der Waals surface area contributed by atoms with E-state index in [1.807, 2.05) is 0 Å². The molecule has 116 valence electrons. The Morgan fingerprint density at radius 3 is 1.81 bits per heavy atom. The summed E-state index contributed by atoms with van der Waals surface area (Å²) in [5, 5.41) is 0. The van der Waals surface area contributed by atoms with Gasteiger partial charge in [0.15, 0.2) is 0 Å². The lowest BCUT2D eigenvalue weighted by molar-refractivity contribution is 0.390. The second-order valence-electron chi connectivity index (χ2n) is 7.11. The van der Waals surface area contributed by atoms with Crippen molar-refractivity contribution >= 4 is 5.69 Å². The molecule has 0 aromatic heterocycles. The van der Waals surface area contributed by atoms with Crippen LogP contribution in [0.15, 0.2) is 18.2 Å². The maximum absolute atomic E-state index is 6.26. The molecule has 2 aliphatic carbocycles. The van der Waals surface area contributed by atoms with Crippen LogP contribution in [0.3, 0.4) is 0 Å². The van der Waals surface area contributed by atoms with Crippen LogP contribution >= 0.6 is 0 Å². The van der Waals surface area contributed by atoms with Crippen molar-refractivity contribution in [1.82, 2.24) is 0 Å². The summed E-state index contributed by atoms with van der Waals surface area (Å²) in [5.74, 6) is 1.28. The van der Waals surface area contributed by atoms with Crippen molar-refractivity contribution in [2.24, 2.45) is 11.5 Å². The van der Waals surface area contributed by atoms with Crippen LogP contribution in [0.1, 0.15) is 74.3 Å². The molecule has 3 heteroatoms. The summed E-state index contributed by atoms with van der Waals surface area (Å²) in [6, 6.07) is 7.54. The third-order valence-corrected chi connectivity index (χ3v) is 5.57.